The maximum Gasteiger partial charge on any atom is 0.138 e. The van der Waals surface area contributed by atoms with Gasteiger partial charge in [0.05, 0.1) is 11.4 Å². The van der Waals surface area contributed by atoms with Gasteiger partial charge < -0.3 is 4.98 Å². The van der Waals surface area contributed by atoms with Gasteiger partial charge in [-0.15, -0.1) is 0 Å². The van der Waals surface area contributed by atoms with Crippen LogP contribution in [-0.4, -0.2) is 19.7 Å². The van der Waals surface area contributed by atoms with Crippen molar-refractivity contribution in [2.24, 2.45) is 0 Å². The number of benzene rings is 2. The van der Waals surface area contributed by atoms with E-state index in [0.29, 0.717) is 0 Å². The van der Waals surface area contributed by atoms with Crippen LogP contribution in [0.5, 0.6) is 0 Å². The molecular formula is C18H14N4. The quantitative estimate of drug-likeness (QED) is 0.620. The van der Waals surface area contributed by atoms with Crippen LogP contribution in [0.2, 0.25) is 0 Å². The molecule has 4 heteroatoms. The fourth-order valence-corrected chi connectivity index (χ4v) is 2.64. The zero-order chi connectivity index (χ0) is 14.8. The maximum atomic E-state index is 4.32. The van der Waals surface area contributed by atoms with Crippen LogP contribution < -0.4 is 0 Å². The highest BCUT2D eigenvalue weighted by Crippen LogP contribution is 2.34. The molecule has 2 aromatic heterocycles. The topological polar surface area (TPSA) is 46.5 Å². The van der Waals surface area contributed by atoms with Crippen molar-refractivity contribution in [3.8, 4) is 28.1 Å². The zero-order valence-corrected chi connectivity index (χ0v) is 11.8. The molecule has 0 aliphatic rings. The molecule has 0 saturated heterocycles. The van der Waals surface area contributed by atoms with Crippen molar-refractivity contribution < 1.29 is 0 Å². The molecule has 0 saturated carbocycles. The molecule has 0 aliphatic heterocycles. The number of rotatable bonds is 3. The summed E-state index contributed by atoms with van der Waals surface area (Å²) in [5.74, 6) is 0. The molecular weight excluding hydrogens is 272 g/mol. The number of H-pyrrole nitrogens is 1. The van der Waals surface area contributed by atoms with E-state index in [9.17, 15) is 0 Å². The maximum absolute atomic E-state index is 4.32. The smallest absolute Gasteiger partial charge is 0.138 e. The van der Waals surface area contributed by atoms with E-state index >= 15 is 0 Å². The van der Waals surface area contributed by atoms with Crippen molar-refractivity contribution >= 4 is 0 Å². The third kappa shape index (κ3) is 2.11. The molecule has 106 valence electrons. The highest BCUT2D eigenvalue weighted by molar-refractivity contribution is 5.83. The summed E-state index contributed by atoms with van der Waals surface area (Å²) in [7, 11) is 0. The van der Waals surface area contributed by atoms with Crippen molar-refractivity contribution in [1.82, 2.24) is 19.7 Å². The van der Waals surface area contributed by atoms with E-state index in [1.54, 1.807) is 17.3 Å². The summed E-state index contributed by atoms with van der Waals surface area (Å²) in [6.07, 6.45) is 5.30. The number of aromatic amines is 1. The first-order valence-corrected chi connectivity index (χ1v) is 7.11. The van der Waals surface area contributed by atoms with E-state index in [1.165, 1.54) is 0 Å². The first-order chi connectivity index (χ1) is 10.9. The van der Waals surface area contributed by atoms with Gasteiger partial charge in [-0.05, 0) is 5.56 Å². The number of hydrogen-bond acceptors (Lipinski definition) is 2. The molecule has 0 radical (unpaired) electrons. The summed E-state index contributed by atoms with van der Waals surface area (Å²) >= 11 is 0. The first kappa shape index (κ1) is 12.6. The van der Waals surface area contributed by atoms with Gasteiger partial charge in [0, 0.05) is 17.3 Å². The first-order valence-electron chi connectivity index (χ1n) is 7.11. The Kier molecular flexibility index (Phi) is 3.05. The lowest BCUT2D eigenvalue weighted by Gasteiger charge is -2.07. The minimum atomic E-state index is 1.01. The Labute approximate surface area is 128 Å². The van der Waals surface area contributed by atoms with E-state index in [1.807, 2.05) is 42.6 Å². The van der Waals surface area contributed by atoms with Gasteiger partial charge in [-0.2, -0.15) is 5.10 Å². The minimum Gasteiger partial charge on any atom is -0.359 e. The van der Waals surface area contributed by atoms with E-state index in [0.717, 1.165) is 28.1 Å². The van der Waals surface area contributed by atoms with Gasteiger partial charge in [-0.25, -0.2) is 9.67 Å². The van der Waals surface area contributed by atoms with Gasteiger partial charge in [0.1, 0.15) is 12.7 Å². The van der Waals surface area contributed by atoms with Gasteiger partial charge >= 0.3 is 0 Å². The number of nitrogens with zero attached hydrogens (tertiary/aromatic N) is 3. The highest BCUT2D eigenvalue weighted by Gasteiger charge is 2.16. The van der Waals surface area contributed by atoms with Crippen molar-refractivity contribution in [2.75, 3.05) is 0 Å². The SMILES string of the molecule is c1ccc(-c2c[nH]c(-c3ccccc3)c2-n2cncn2)cc1. The van der Waals surface area contributed by atoms with Gasteiger partial charge in [-0.1, -0.05) is 60.7 Å². The summed E-state index contributed by atoms with van der Waals surface area (Å²) in [5, 5.41) is 4.32. The molecule has 0 amide bonds. The van der Waals surface area contributed by atoms with Gasteiger partial charge in [0.2, 0.25) is 0 Å². The van der Waals surface area contributed by atoms with Crippen LogP contribution in [-0.2, 0) is 0 Å². The van der Waals surface area contributed by atoms with Crippen molar-refractivity contribution in [3.05, 3.63) is 79.5 Å². The average Bonchev–Trinajstić information content (AvgIpc) is 3.25. The fraction of sp³-hybridized carbons (Fsp3) is 0. The third-order valence-electron chi connectivity index (χ3n) is 3.65. The third-order valence-corrected chi connectivity index (χ3v) is 3.65. The summed E-state index contributed by atoms with van der Waals surface area (Å²) in [6, 6.07) is 20.5. The average molecular weight is 286 g/mol. The molecule has 2 heterocycles. The lowest BCUT2D eigenvalue weighted by atomic mass is 10.0. The molecule has 4 rings (SSSR count). The summed E-state index contributed by atoms with van der Waals surface area (Å²) < 4.78 is 1.81. The predicted octanol–water partition coefficient (Wildman–Crippen LogP) is 3.93. The Morgan fingerprint density at radius 3 is 2.14 bits per heavy atom. The summed E-state index contributed by atoms with van der Waals surface area (Å²) in [6.45, 7) is 0. The Morgan fingerprint density at radius 1 is 0.818 bits per heavy atom. The Bertz CT molecular complexity index is 805. The van der Waals surface area contributed by atoms with Crippen molar-refractivity contribution in [1.29, 1.82) is 0 Å². The van der Waals surface area contributed by atoms with Crippen molar-refractivity contribution in [2.45, 2.75) is 0 Å². The predicted molar refractivity (Wildman–Crippen MR) is 86.6 cm³/mol. The van der Waals surface area contributed by atoms with Crippen LogP contribution in [0.4, 0.5) is 0 Å². The Morgan fingerprint density at radius 2 is 1.50 bits per heavy atom. The van der Waals surface area contributed by atoms with E-state index in [-0.39, 0.29) is 0 Å². The Balaban J connectivity index is 1.96. The number of hydrogen-bond donors (Lipinski definition) is 1. The second-order valence-corrected chi connectivity index (χ2v) is 5.00. The van der Waals surface area contributed by atoms with Gasteiger partial charge in [-0.3, -0.25) is 0 Å². The standard InChI is InChI=1S/C18H14N4/c1-3-7-14(8-4-1)16-11-20-17(15-9-5-2-6-10-15)18(16)22-13-19-12-21-22/h1-13,20H. The second-order valence-electron chi connectivity index (χ2n) is 5.00. The largest absolute Gasteiger partial charge is 0.359 e. The monoisotopic (exact) mass is 286 g/mol. The lowest BCUT2D eigenvalue weighted by molar-refractivity contribution is 0.883. The molecule has 2 aromatic carbocycles. The van der Waals surface area contributed by atoms with Crippen LogP contribution >= 0.6 is 0 Å². The molecule has 0 bridgehead atoms. The van der Waals surface area contributed by atoms with Gasteiger partial charge in [0.15, 0.2) is 0 Å². The van der Waals surface area contributed by atoms with E-state index in [2.05, 4.69) is 39.3 Å². The highest BCUT2D eigenvalue weighted by atomic mass is 15.3. The molecule has 1 N–H and O–H groups in total. The van der Waals surface area contributed by atoms with E-state index < -0.39 is 0 Å². The van der Waals surface area contributed by atoms with Crippen LogP contribution in [0.15, 0.2) is 79.5 Å². The molecule has 0 spiro atoms. The molecule has 22 heavy (non-hydrogen) atoms. The molecule has 0 fully saturated rings. The number of nitrogens with one attached hydrogen (secondary N) is 1. The van der Waals surface area contributed by atoms with Crippen LogP contribution in [0, 0.1) is 0 Å². The molecule has 0 unspecified atom stereocenters. The van der Waals surface area contributed by atoms with E-state index in [4.69, 9.17) is 0 Å². The number of aromatic nitrogens is 4. The van der Waals surface area contributed by atoms with Crippen molar-refractivity contribution in [3.63, 3.8) is 0 Å². The van der Waals surface area contributed by atoms with Crippen LogP contribution in [0.25, 0.3) is 28.1 Å². The normalized spacial score (nSPS) is 10.7. The fourth-order valence-electron chi connectivity index (χ4n) is 2.64. The summed E-state index contributed by atoms with van der Waals surface area (Å²) in [4.78, 5) is 7.47. The van der Waals surface area contributed by atoms with Crippen LogP contribution in [0.3, 0.4) is 0 Å². The van der Waals surface area contributed by atoms with Gasteiger partial charge in [0.25, 0.3) is 0 Å². The zero-order valence-electron chi connectivity index (χ0n) is 11.8. The molecule has 4 nitrogen and oxygen atoms in total. The second kappa shape index (κ2) is 5.33. The molecule has 0 aliphatic carbocycles. The molecule has 0 atom stereocenters. The molecule has 4 aromatic rings. The minimum absolute atomic E-state index is 1.01. The van der Waals surface area contributed by atoms with Crippen LogP contribution in [0.1, 0.15) is 0 Å². The summed E-state index contributed by atoms with van der Waals surface area (Å²) in [5.41, 5.74) is 5.41. The lowest BCUT2D eigenvalue weighted by Crippen LogP contribution is -1.97. The Hall–Kier alpha value is -3.14.